The normalized spacial score (nSPS) is 18.6. The Bertz CT molecular complexity index is 612. The molecule has 0 fully saturated rings. The average Bonchev–Trinajstić information content (AvgIpc) is 2.73. The first-order chi connectivity index (χ1) is 9.24. The molecular weight excluding hydrogens is 262 g/mol. The fourth-order valence-electron chi connectivity index (χ4n) is 2.05. The monoisotopic (exact) mass is 275 g/mol. The van der Waals surface area contributed by atoms with Gasteiger partial charge in [0.25, 0.3) is 0 Å². The van der Waals surface area contributed by atoms with Gasteiger partial charge in [0.2, 0.25) is 11.1 Å². The van der Waals surface area contributed by atoms with Gasteiger partial charge >= 0.3 is 0 Å². The van der Waals surface area contributed by atoms with E-state index in [1.807, 2.05) is 24.3 Å². The van der Waals surface area contributed by atoms with E-state index < -0.39 is 0 Å². The van der Waals surface area contributed by atoms with Gasteiger partial charge in [-0.2, -0.15) is 0 Å². The highest BCUT2D eigenvalue weighted by molar-refractivity contribution is 8.00. The van der Waals surface area contributed by atoms with Gasteiger partial charge in [-0.15, -0.1) is 5.10 Å². The molecule has 0 saturated heterocycles. The van der Waals surface area contributed by atoms with Gasteiger partial charge in [-0.3, -0.25) is 4.79 Å². The number of amides is 1. The fourth-order valence-corrected chi connectivity index (χ4v) is 2.98. The second-order valence-corrected chi connectivity index (χ2v) is 5.55. The number of tetrazole rings is 1. The van der Waals surface area contributed by atoms with E-state index in [0.29, 0.717) is 5.16 Å². The standard InChI is InChI=1S/C12H13N5OS/c1-17-12(14-15-16-17)19-10-7-6-8-4-2-3-5-9(8)13-11(10)18/h2-5,10H,6-7H2,1H3,(H,13,18). The smallest absolute Gasteiger partial charge is 0.237 e. The molecule has 1 unspecified atom stereocenters. The van der Waals surface area contributed by atoms with Crippen molar-refractivity contribution in [2.75, 3.05) is 5.32 Å². The number of carbonyl (C=O) groups excluding carboxylic acids is 1. The molecule has 0 aliphatic carbocycles. The number of carbonyl (C=O) groups is 1. The Balaban J connectivity index is 1.79. The Morgan fingerprint density at radius 1 is 1.42 bits per heavy atom. The van der Waals surface area contributed by atoms with Crippen LogP contribution in [-0.4, -0.2) is 31.4 Å². The molecule has 1 aromatic carbocycles. The summed E-state index contributed by atoms with van der Waals surface area (Å²) in [6.45, 7) is 0. The van der Waals surface area contributed by atoms with Crippen molar-refractivity contribution < 1.29 is 4.79 Å². The predicted molar refractivity (Wildman–Crippen MR) is 71.8 cm³/mol. The number of rotatable bonds is 2. The lowest BCUT2D eigenvalue weighted by atomic mass is 10.1. The lowest BCUT2D eigenvalue weighted by Crippen LogP contribution is -2.24. The first-order valence-corrected chi connectivity index (χ1v) is 6.90. The zero-order valence-corrected chi connectivity index (χ0v) is 11.2. The highest BCUT2D eigenvalue weighted by Gasteiger charge is 2.26. The van der Waals surface area contributed by atoms with Crippen molar-refractivity contribution in [1.29, 1.82) is 0 Å². The zero-order chi connectivity index (χ0) is 13.2. The lowest BCUT2D eigenvalue weighted by molar-refractivity contribution is -0.115. The third-order valence-electron chi connectivity index (χ3n) is 3.07. The summed E-state index contributed by atoms with van der Waals surface area (Å²) in [4.78, 5) is 12.2. The Morgan fingerprint density at radius 3 is 3.05 bits per heavy atom. The van der Waals surface area contributed by atoms with Crippen molar-refractivity contribution in [3.63, 3.8) is 0 Å². The Labute approximate surface area is 114 Å². The number of para-hydroxylation sites is 1. The first kappa shape index (κ1) is 12.2. The van der Waals surface area contributed by atoms with Gasteiger partial charge in [-0.1, -0.05) is 30.0 Å². The van der Waals surface area contributed by atoms with Gasteiger partial charge in [0.15, 0.2) is 0 Å². The van der Waals surface area contributed by atoms with Gasteiger partial charge in [-0.05, 0) is 34.9 Å². The number of hydrogen-bond donors (Lipinski definition) is 1. The van der Waals surface area contributed by atoms with Crippen LogP contribution in [0.25, 0.3) is 0 Å². The molecule has 6 nitrogen and oxygen atoms in total. The van der Waals surface area contributed by atoms with Crippen molar-refractivity contribution in [3.8, 4) is 0 Å². The number of aromatic nitrogens is 4. The minimum atomic E-state index is -0.169. The summed E-state index contributed by atoms with van der Waals surface area (Å²) in [7, 11) is 1.77. The fraction of sp³-hybridized carbons (Fsp3) is 0.333. The van der Waals surface area contributed by atoms with Crippen LogP contribution in [-0.2, 0) is 18.3 Å². The van der Waals surface area contributed by atoms with E-state index >= 15 is 0 Å². The van der Waals surface area contributed by atoms with Gasteiger partial charge in [0.1, 0.15) is 0 Å². The molecule has 1 aliphatic heterocycles. The van der Waals surface area contributed by atoms with Gasteiger partial charge in [0.05, 0.1) is 5.25 Å². The summed E-state index contributed by atoms with van der Waals surface area (Å²) in [6, 6.07) is 7.90. The molecule has 0 radical (unpaired) electrons. The molecular formula is C12H13N5OS. The van der Waals surface area contributed by atoms with Gasteiger partial charge < -0.3 is 5.32 Å². The number of hydrogen-bond acceptors (Lipinski definition) is 5. The van der Waals surface area contributed by atoms with Crippen LogP contribution < -0.4 is 5.32 Å². The van der Waals surface area contributed by atoms with E-state index in [1.165, 1.54) is 17.3 Å². The summed E-state index contributed by atoms with van der Waals surface area (Å²) in [5, 5.41) is 14.7. The van der Waals surface area contributed by atoms with Gasteiger partial charge in [-0.25, -0.2) is 4.68 Å². The van der Waals surface area contributed by atoms with Crippen LogP contribution in [0.3, 0.4) is 0 Å². The van der Waals surface area contributed by atoms with Crippen molar-refractivity contribution in [2.24, 2.45) is 7.05 Å². The number of fused-ring (bicyclic) bond motifs is 1. The number of benzene rings is 1. The molecule has 7 heteroatoms. The third-order valence-corrected chi connectivity index (χ3v) is 4.36. The van der Waals surface area contributed by atoms with E-state index in [2.05, 4.69) is 20.8 Å². The summed E-state index contributed by atoms with van der Waals surface area (Å²) in [5.41, 5.74) is 2.08. The molecule has 1 atom stereocenters. The lowest BCUT2D eigenvalue weighted by Gasteiger charge is -2.11. The van der Waals surface area contributed by atoms with Gasteiger partial charge in [0, 0.05) is 12.7 Å². The number of nitrogens with one attached hydrogen (secondary N) is 1. The van der Waals surface area contributed by atoms with E-state index in [4.69, 9.17) is 0 Å². The maximum Gasteiger partial charge on any atom is 0.237 e. The van der Waals surface area contributed by atoms with Crippen LogP contribution >= 0.6 is 11.8 Å². The molecule has 2 aromatic rings. The molecule has 2 heterocycles. The Hall–Kier alpha value is -1.89. The molecule has 0 bridgehead atoms. The Morgan fingerprint density at radius 2 is 2.26 bits per heavy atom. The largest absolute Gasteiger partial charge is 0.325 e. The minimum absolute atomic E-state index is 0.0120. The zero-order valence-electron chi connectivity index (χ0n) is 10.4. The highest BCUT2D eigenvalue weighted by Crippen LogP contribution is 2.29. The molecule has 0 spiro atoms. The second kappa shape index (κ2) is 5.00. The van der Waals surface area contributed by atoms with E-state index in [1.54, 1.807) is 11.7 Å². The summed E-state index contributed by atoms with van der Waals surface area (Å²) in [5.74, 6) is 0.0120. The maximum atomic E-state index is 12.2. The molecule has 98 valence electrons. The SMILES string of the molecule is Cn1nnnc1SC1CCc2ccccc2NC1=O. The van der Waals surface area contributed by atoms with Crippen LogP contribution in [0.2, 0.25) is 0 Å². The second-order valence-electron chi connectivity index (χ2n) is 4.38. The van der Waals surface area contributed by atoms with Crippen molar-refractivity contribution in [2.45, 2.75) is 23.2 Å². The molecule has 1 aliphatic rings. The van der Waals surface area contributed by atoms with Crippen LogP contribution in [0.4, 0.5) is 5.69 Å². The third kappa shape index (κ3) is 2.46. The predicted octanol–water partition coefficient (Wildman–Crippen LogP) is 1.26. The van der Waals surface area contributed by atoms with Crippen LogP contribution in [0, 0.1) is 0 Å². The van der Waals surface area contributed by atoms with E-state index in [9.17, 15) is 4.79 Å². The Kier molecular flexibility index (Phi) is 3.20. The number of nitrogens with zero attached hydrogens (tertiary/aromatic N) is 4. The van der Waals surface area contributed by atoms with E-state index in [0.717, 1.165) is 18.5 Å². The van der Waals surface area contributed by atoms with Crippen molar-refractivity contribution in [3.05, 3.63) is 29.8 Å². The number of thioether (sulfide) groups is 1. The molecule has 1 N–H and O–H groups in total. The van der Waals surface area contributed by atoms with Crippen LogP contribution in [0.15, 0.2) is 29.4 Å². The average molecular weight is 275 g/mol. The number of aryl methyl sites for hydroxylation is 2. The van der Waals surface area contributed by atoms with Crippen LogP contribution in [0.5, 0.6) is 0 Å². The van der Waals surface area contributed by atoms with Crippen molar-refractivity contribution >= 4 is 23.4 Å². The first-order valence-electron chi connectivity index (χ1n) is 6.02. The van der Waals surface area contributed by atoms with Crippen LogP contribution in [0.1, 0.15) is 12.0 Å². The summed E-state index contributed by atoms with van der Waals surface area (Å²) in [6.07, 6.45) is 1.65. The summed E-state index contributed by atoms with van der Waals surface area (Å²) >= 11 is 1.40. The minimum Gasteiger partial charge on any atom is -0.325 e. The van der Waals surface area contributed by atoms with Crippen molar-refractivity contribution in [1.82, 2.24) is 20.2 Å². The molecule has 19 heavy (non-hydrogen) atoms. The molecule has 1 aromatic heterocycles. The summed E-state index contributed by atoms with van der Waals surface area (Å²) < 4.78 is 1.58. The topological polar surface area (TPSA) is 72.7 Å². The molecule has 0 saturated carbocycles. The maximum absolute atomic E-state index is 12.2. The highest BCUT2D eigenvalue weighted by atomic mass is 32.2. The molecule has 1 amide bonds. The quantitative estimate of drug-likeness (QED) is 0.893. The molecule has 3 rings (SSSR count). The van der Waals surface area contributed by atoms with E-state index in [-0.39, 0.29) is 11.2 Å². The number of anilines is 1.